The molecular formula is C21H37IN4. The summed E-state index contributed by atoms with van der Waals surface area (Å²) in [5.41, 5.74) is 1.39. The number of hydrogen-bond acceptors (Lipinski definition) is 2. The number of aliphatic imine (C=N–C) groups is 1. The molecule has 4 nitrogen and oxygen atoms in total. The van der Waals surface area contributed by atoms with E-state index in [2.05, 4.69) is 78.6 Å². The van der Waals surface area contributed by atoms with E-state index in [0.717, 1.165) is 12.5 Å². The zero-order valence-corrected chi connectivity index (χ0v) is 19.4. The second-order valence-corrected chi connectivity index (χ2v) is 7.76. The molecule has 1 heterocycles. The van der Waals surface area contributed by atoms with Gasteiger partial charge >= 0.3 is 0 Å². The van der Waals surface area contributed by atoms with Gasteiger partial charge in [0.15, 0.2) is 5.96 Å². The van der Waals surface area contributed by atoms with E-state index in [4.69, 9.17) is 0 Å². The standard InChI is InChI=1S/C21H36N4.HI/c1-16(2)20(18-9-7-6-8-10-18)15-23-21(22-5)24-19-11-13-25(14-12-19)17(3)4;/h6-10,16-17,19-20H,11-15H2,1-5H3,(H2,22,23,24);1H. The van der Waals surface area contributed by atoms with Crippen molar-refractivity contribution in [2.45, 2.75) is 58.5 Å². The maximum Gasteiger partial charge on any atom is 0.191 e. The highest BCUT2D eigenvalue weighted by molar-refractivity contribution is 14.0. The maximum absolute atomic E-state index is 4.44. The monoisotopic (exact) mass is 472 g/mol. The average Bonchev–Trinajstić information content (AvgIpc) is 2.62. The number of hydrogen-bond donors (Lipinski definition) is 2. The van der Waals surface area contributed by atoms with E-state index < -0.39 is 0 Å². The fraction of sp³-hybridized carbons (Fsp3) is 0.667. The fourth-order valence-electron chi connectivity index (χ4n) is 3.59. The van der Waals surface area contributed by atoms with Crippen LogP contribution in [0, 0.1) is 5.92 Å². The van der Waals surface area contributed by atoms with Crippen LogP contribution in [0.25, 0.3) is 0 Å². The number of nitrogens with zero attached hydrogens (tertiary/aromatic N) is 2. The first-order chi connectivity index (χ1) is 12.0. The summed E-state index contributed by atoms with van der Waals surface area (Å²) in [6.07, 6.45) is 2.37. The van der Waals surface area contributed by atoms with Gasteiger partial charge in [-0.05, 0) is 38.2 Å². The average molecular weight is 472 g/mol. The topological polar surface area (TPSA) is 39.7 Å². The molecule has 0 spiro atoms. The van der Waals surface area contributed by atoms with E-state index in [9.17, 15) is 0 Å². The molecule has 0 aromatic heterocycles. The highest BCUT2D eigenvalue weighted by Crippen LogP contribution is 2.23. The van der Waals surface area contributed by atoms with Gasteiger partial charge in [0.1, 0.15) is 0 Å². The van der Waals surface area contributed by atoms with Crippen LogP contribution in [0.2, 0.25) is 0 Å². The molecule has 1 atom stereocenters. The number of nitrogens with one attached hydrogen (secondary N) is 2. The minimum absolute atomic E-state index is 0. The van der Waals surface area contributed by atoms with Crippen molar-refractivity contribution in [1.82, 2.24) is 15.5 Å². The Morgan fingerprint density at radius 3 is 2.23 bits per heavy atom. The predicted octanol–water partition coefficient (Wildman–Crippen LogP) is 4.08. The highest BCUT2D eigenvalue weighted by Gasteiger charge is 2.22. The van der Waals surface area contributed by atoms with Gasteiger partial charge in [-0.3, -0.25) is 4.99 Å². The summed E-state index contributed by atoms with van der Waals surface area (Å²) in [5.74, 6) is 2.01. The molecule has 1 fully saturated rings. The van der Waals surface area contributed by atoms with Crippen molar-refractivity contribution in [3.05, 3.63) is 35.9 Å². The molecule has 0 bridgehead atoms. The van der Waals surface area contributed by atoms with E-state index in [-0.39, 0.29) is 24.0 Å². The van der Waals surface area contributed by atoms with Crippen molar-refractivity contribution in [2.75, 3.05) is 26.7 Å². The van der Waals surface area contributed by atoms with Crippen LogP contribution >= 0.6 is 24.0 Å². The van der Waals surface area contributed by atoms with Gasteiger partial charge in [0.25, 0.3) is 0 Å². The molecular weight excluding hydrogens is 435 g/mol. The molecule has 2 rings (SSSR count). The molecule has 1 unspecified atom stereocenters. The van der Waals surface area contributed by atoms with Crippen LogP contribution in [-0.4, -0.2) is 49.6 Å². The fourth-order valence-corrected chi connectivity index (χ4v) is 3.59. The molecule has 1 aromatic rings. The largest absolute Gasteiger partial charge is 0.356 e. The van der Waals surface area contributed by atoms with Gasteiger partial charge in [0.05, 0.1) is 0 Å². The molecule has 148 valence electrons. The Hall–Kier alpha value is -0.820. The van der Waals surface area contributed by atoms with E-state index in [1.165, 1.54) is 31.5 Å². The minimum Gasteiger partial charge on any atom is -0.356 e. The Balaban J connectivity index is 0.00000338. The summed E-state index contributed by atoms with van der Waals surface area (Å²) in [6, 6.07) is 12.0. The Labute approximate surface area is 177 Å². The molecule has 2 N–H and O–H groups in total. The van der Waals surface area contributed by atoms with Crippen LogP contribution in [0.4, 0.5) is 0 Å². The van der Waals surface area contributed by atoms with Gasteiger partial charge in [-0.25, -0.2) is 0 Å². The first kappa shape index (κ1) is 23.2. The lowest BCUT2D eigenvalue weighted by Gasteiger charge is -2.35. The van der Waals surface area contributed by atoms with Gasteiger partial charge < -0.3 is 15.5 Å². The predicted molar refractivity (Wildman–Crippen MR) is 124 cm³/mol. The number of halogens is 1. The van der Waals surface area contributed by atoms with Crippen molar-refractivity contribution < 1.29 is 0 Å². The van der Waals surface area contributed by atoms with Crippen molar-refractivity contribution in [3.63, 3.8) is 0 Å². The van der Waals surface area contributed by atoms with Gasteiger partial charge in [-0.1, -0.05) is 44.2 Å². The van der Waals surface area contributed by atoms with E-state index in [1.54, 1.807) is 0 Å². The van der Waals surface area contributed by atoms with E-state index in [1.807, 2.05) is 7.05 Å². The highest BCUT2D eigenvalue weighted by atomic mass is 127. The summed E-state index contributed by atoms with van der Waals surface area (Å²) >= 11 is 0. The number of piperidine rings is 1. The lowest BCUT2D eigenvalue weighted by Crippen LogP contribution is -2.50. The first-order valence-corrected chi connectivity index (χ1v) is 9.77. The minimum atomic E-state index is 0. The molecule has 0 radical (unpaired) electrons. The second kappa shape index (κ2) is 11.8. The van der Waals surface area contributed by atoms with Crippen LogP contribution in [-0.2, 0) is 0 Å². The molecule has 26 heavy (non-hydrogen) atoms. The van der Waals surface area contributed by atoms with Crippen LogP contribution in [0.3, 0.4) is 0 Å². The zero-order valence-electron chi connectivity index (χ0n) is 17.0. The van der Waals surface area contributed by atoms with Crippen molar-refractivity contribution >= 4 is 29.9 Å². The quantitative estimate of drug-likeness (QED) is 0.373. The third-order valence-corrected chi connectivity index (χ3v) is 5.35. The lowest BCUT2D eigenvalue weighted by atomic mass is 9.88. The van der Waals surface area contributed by atoms with Crippen molar-refractivity contribution in [1.29, 1.82) is 0 Å². The summed E-state index contributed by atoms with van der Waals surface area (Å²) < 4.78 is 0. The Morgan fingerprint density at radius 2 is 1.73 bits per heavy atom. The van der Waals surface area contributed by atoms with E-state index in [0.29, 0.717) is 23.9 Å². The summed E-state index contributed by atoms with van der Waals surface area (Å²) in [4.78, 5) is 7.00. The molecule has 1 aliphatic rings. The molecule has 0 aliphatic carbocycles. The number of benzene rings is 1. The Bertz CT molecular complexity index is 522. The third kappa shape index (κ3) is 7.06. The Kier molecular flexibility index (Phi) is 10.5. The van der Waals surface area contributed by atoms with Gasteiger partial charge in [-0.15, -0.1) is 24.0 Å². The van der Waals surface area contributed by atoms with Gasteiger partial charge in [-0.2, -0.15) is 0 Å². The first-order valence-electron chi connectivity index (χ1n) is 9.77. The normalized spacial score (nSPS) is 17.9. The Morgan fingerprint density at radius 1 is 1.12 bits per heavy atom. The van der Waals surface area contributed by atoms with Crippen LogP contribution in [0.5, 0.6) is 0 Å². The summed E-state index contributed by atoms with van der Waals surface area (Å²) in [6.45, 7) is 12.4. The third-order valence-electron chi connectivity index (χ3n) is 5.35. The van der Waals surface area contributed by atoms with Crippen molar-refractivity contribution in [3.8, 4) is 0 Å². The van der Waals surface area contributed by atoms with Gasteiger partial charge in [0, 0.05) is 44.7 Å². The molecule has 1 aliphatic heterocycles. The van der Waals surface area contributed by atoms with Crippen LogP contribution in [0.15, 0.2) is 35.3 Å². The molecule has 0 saturated carbocycles. The molecule has 1 saturated heterocycles. The number of likely N-dealkylation sites (tertiary alicyclic amines) is 1. The molecule has 5 heteroatoms. The second-order valence-electron chi connectivity index (χ2n) is 7.76. The van der Waals surface area contributed by atoms with E-state index >= 15 is 0 Å². The number of guanidine groups is 1. The van der Waals surface area contributed by atoms with Gasteiger partial charge in [0.2, 0.25) is 0 Å². The smallest absolute Gasteiger partial charge is 0.191 e. The molecule has 1 aromatic carbocycles. The number of rotatable bonds is 6. The summed E-state index contributed by atoms with van der Waals surface area (Å²) in [7, 11) is 1.87. The summed E-state index contributed by atoms with van der Waals surface area (Å²) in [5, 5.41) is 7.18. The zero-order chi connectivity index (χ0) is 18.2. The van der Waals surface area contributed by atoms with Crippen molar-refractivity contribution in [2.24, 2.45) is 10.9 Å². The van der Waals surface area contributed by atoms with Crippen LogP contribution in [0.1, 0.15) is 52.0 Å². The molecule has 0 amide bonds. The lowest BCUT2D eigenvalue weighted by molar-refractivity contribution is 0.167. The van der Waals surface area contributed by atoms with Crippen LogP contribution < -0.4 is 10.6 Å². The SMILES string of the molecule is CN=C(NCC(c1ccccc1)C(C)C)NC1CCN(C(C)C)CC1.I. The maximum atomic E-state index is 4.44.